The molecule has 1 heterocycles. The normalized spacial score (nSPS) is 8.18. The Labute approximate surface area is 241 Å². The standard InChI is InChI=1S/C15H10O2.Ca.Fe.K.Mg.Zn.5H/c16-13-10-15(11-6-2-1-3-7-11)17-14-9-5-4-8-12(13)14;;;;;;;;;;/h1-10H;;;;;;;;;;. The van der Waals surface area contributed by atoms with Gasteiger partial charge < -0.3 is 4.42 Å². The molecule has 0 radical (unpaired) electrons. The van der Waals surface area contributed by atoms with E-state index in [1.165, 1.54) is 6.07 Å². The second-order valence-electron chi connectivity index (χ2n) is 3.84. The summed E-state index contributed by atoms with van der Waals surface area (Å²) >= 11 is 0. The number of benzene rings is 2. The van der Waals surface area contributed by atoms with E-state index in [0.717, 1.165) is 5.56 Å². The molecule has 0 amide bonds. The average Bonchev–Trinajstić information content (AvgIpc) is 2.40. The van der Waals surface area contributed by atoms with E-state index in [0.29, 0.717) is 16.7 Å². The number of fused-ring (bicyclic) bond motifs is 1. The van der Waals surface area contributed by atoms with E-state index in [2.05, 4.69) is 0 Å². The summed E-state index contributed by atoms with van der Waals surface area (Å²) in [4.78, 5) is 11.9. The van der Waals surface area contributed by atoms with Crippen LogP contribution in [-0.2, 0) is 36.5 Å². The van der Waals surface area contributed by atoms with Gasteiger partial charge >= 0.3 is 112 Å². The first-order chi connectivity index (χ1) is 8.34. The minimum Gasteiger partial charge on any atom is 0 e. The van der Waals surface area contributed by atoms with Crippen molar-refractivity contribution < 1.29 is 41.0 Å². The number of hydrogen-bond acceptors (Lipinski definition) is 2. The zero-order chi connectivity index (χ0) is 11.7. The van der Waals surface area contributed by atoms with Crippen LogP contribution in [-0.4, -0.2) is 112 Å². The molecule has 1 aromatic heterocycles. The molecule has 102 valence electrons. The third kappa shape index (κ3) is 7.37. The van der Waals surface area contributed by atoms with Gasteiger partial charge in [0.2, 0.25) is 0 Å². The van der Waals surface area contributed by atoms with Crippen molar-refractivity contribution in [3.63, 3.8) is 0 Å². The fourth-order valence-electron chi connectivity index (χ4n) is 1.85. The molecule has 0 bridgehead atoms. The largest absolute Gasteiger partial charge is 0.316 e. The summed E-state index contributed by atoms with van der Waals surface area (Å²) in [5, 5.41) is 0.618. The summed E-state index contributed by atoms with van der Waals surface area (Å²) in [6.45, 7) is 0. The number of hydrogen-bond donors (Lipinski definition) is 0. The molecule has 0 saturated carbocycles. The van der Waals surface area contributed by atoms with Crippen molar-refractivity contribution in [1.82, 2.24) is 0 Å². The van der Waals surface area contributed by atoms with Gasteiger partial charge in [0.1, 0.15) is 11.3 Å². The first kappa shape index (κ1) is 29.2. The van der Waals surface area contributed by atoms with Crippen LogP contribution in [0.3, 0.4) is 0 Å². The van der Waals surface area contributed by atoms with Crippen molar-refractivity contribution in [2.24, 2.45) is 0 Å². The second-order valence-corrected chi connectivity index (χ2v) is 3.84. The first-order valence-electron chi connectivity index (χ1n) is 5.43. The molecule has 0 spiro atoms. The van der Waals surface area contributed by atoms with Crippen molar-refractivity contribution >= 4 is 123 Å². The molecular weight excluding hydrogens is 437 g/mol. The van der Waals surface area contributed by atoms with E-state index in [4.69, 9.17) is 4.42 Å². The van der Waals surface area contributed by atoms with E-state index in [1.807, 2.05) is 48.5 Å². The minimum atomic E-state index is -0.00861. The van der Waals surface area contributed by atoms with E-state index in [-0.39, 0.29) is 154 Å². The van der Waals surface area contributed by atoms with E-state index >= 15 is 0 Å². The third-order valence-electron chi connectivity index (χ3n) is 2.69. The molecule has 0 aliphatic rings. The molecule has 0 saturated heterocycles. The molecule has 3 aromatic rings. The van der Waals surface area contributed by atoms with Crippen LogP contribution in [0.1, 0.15) is 0 Å². The van der Waals surface area contributed by atoms with Gasteiger partial charge in [-0.3, -0.25) is 4.79 Å². The van der Waals surface area contributed by atoms with Crippen molar-refractivity contribution in [2.75, 3.05) is 0 Å². The maximum absolute atomic E-state index is 11.9. The monoisotopic (exact) mass is 450 g/mol. The predicted molar refractivity (Wildman–Crippen MR) is 92.2 cm³/mol. The van der Waals surface area contributed by atoms with Crippen molar-refractivity contribution in [3.8, 4) is 11.3 Å². The Morgan fingerprint density at radius 3 is 2.05 bits per heavy atom. The topological polar surface area (TPSA) is 30.2 Å². The van der Waals surface area contributed by atoms with E-state index in [1.54, 1.807) is 6.07 Å². The summed E-state index contributed by atoms with van der Waals surface area (Å²) in [5.74, 6) is 0.606. The zero-order valence-corrected chi connectivity index (χ0v) is 14.2. The molecule has 2 nitrogen and oxygen atoms in total. The Morgan fingerprint density at radius 2 is 1.41 bits per heavy atom. The minimum absolute atomic E-state index is 0. The fourth-order valence-corrected chi connectivity index (χ4v) is 1.85. The average molecular weight is 452 g/mol. The van der Waals surface area contributed by atoms with Gasteiger partial charge in [-0.1, -0.05) is 42.5 Å². The Hall–Kier alpha value is 2.46. The number of rotatable bonds is 1. The van der Waals surface area contributed by atoms with Crippen molar-refractivity contribution in [3.05, 3.63) is 70.9 Å². The van der Waals surface area contributed by atoms with Gasteiger partial charge in [0.15, 0.2) is 5.43 Å². The van der Waals surface area contributed by atoms with Gasteiger partial charge in [-0.15, -0.1) is 0 Å². The Kier molecular flexibility index (Phi) is 19.4. The molecule has 22 heavy (non-hydrogen) atoms. The smallest absolute Gasteiger partial charge is 0 e. The van der Waals surface area contributed by atoms with Gasteiger partial charge in [0, 0.05) is 48.2 Å². The number of para-hydroxylation sites is 1. The molecule has 7 heteroatoms. The molecule has 0 N–H and O–H groups in total. The molecule has 3 rings (SSSR count). The van der Waals surface area contributed by atoms with E-state index in [9.17, 15) is 4.79 Å². The maximum atomic E-state index is 11.9. The Balaban J connectivity index is -0.000000722. The summed E-state index contributed by atoms with van der Waals surface area (Å²) < 4.78 is 5.73. The van der Waals surface area contributed by atoms with Gasteiger partial charge in [-0.25, -0.2) is 0 Å². The van der Waals surface area contributed by atoms with Crippen molar-refractivity contribution in [1.29, 1.82) is 0 Å². The van der Waals surface area contributed by atoms with Crippen molar-refractivity contribution in [2.45, 2.75) is 0 Å². The Bertz CT molecular complexity index is 740. The summed E-state index contributed by atoms with van der Waals surface area (Å²) in [5.41, 5.74) is 1.53. The SMILES string of the molecule is O=c1cc(-c2ccccc2)oc2ccccc12.[CaH2].[Fe].[KH].[MgH2].[Zn]. The van der Waals surface area contributed by atoms with Gasteiger partial charge in [0.25, 0.3) is 0 Å². The molecule has 0 aliphatic heterocycles. The van der Waals surface area contributed by atoms with Crippen LogP contribution in [0.25, 0.3) is 22.3 Å². The van der Waals surface area contributed by atoms with E-state index < -0.39 is 0 Å². The van der Waals surface area contributed by atoms with Crippen LogP contribution in [0.5, 0.6) is 0 Å². The quantitative estimate of drug-likeness (QED) is 0.516. The van der Waals surface area contributed by atoms with Crippen LogP contribution in [0, 0.1) is 0 Å². The summed E-state index contributed by atoms with van der Waals surface area (Å²) in [6.07, 6.45) is 0. The molecule has 0 fully saturated rings. The first-order valence-corrected chi connectivity index (χ1v) is 5.43. The summed E-state index contributed by atoms with van der Waals surface area (Å²) in [6, 6.07) is 18.4. The van der Waals surface area contributed by atoms with Gasteiger partial charge in [-0.05, 0) is 12.1 Å². The molecule has 0 aliphatic carbocycles. The maximum Gasteiger partial charge on any atom is 0.316 e. The molecule has 0 unspecified atom stereocenters. The Morgan fingerprint density at radius 1 is 0.864 bits per heavy atom. The van der Waals surface area contributed by atoms with Crippen LogP contribution in [0.15, 0.2) is 69.9 Å². The third-order valence-corrected chi connectivity index (χ3v) is 2.69. The van der Waals surface area contributed by atoms with Crippen LogP contribution < -0.4 is 5.43 Å². The van der Waals surface area contributed by atoms with Crippen LogP contribution >= 0.6 is 0 Å². The predicted octanol–water partition coefficient (Wildman–Crippen LogP) is 0.974. The molecular formula is C15H15CaFeKMgO2Zn. The summed E-state index contributed by atoms with van der Waals surface area (Å²) in [7, 11) is 0. The van der Waals surface area contributed by atoms with Gasteiger partial charge in [-0.2, -0.15) is 0 Å². The molecule has 0 atom stereocenters. The zero-order valence-electron chi connectivity index (χ0n) is 10.2. The molecule has 2 aromatic carbocycles. The van der Waals surface area contributed by atoms with Gasteiger partial charge in [0.05, 0.1) is 5.39 Å². The second kappa shape index (κ2) is 14.6. The van der Waals surface area contributed by atoms with Crippen LogP contribution in [0.2, 0.25) is 0 Å². The fraction of sp³-hybridized carbons (Fsp3) is 0. The van der Waals surface area contributed by atoms with Crippen LogP contribution in [0.4, 0.5) is 0 Å².